The van der Waals surface area contributed by atoms with Gasteiger partial charge in [-0.2, -0.15) is 0 Å². The van der Waals surface area contributed by atoms with E-state index in [1.807, 2.05) is 45.0 Å². The van der Waals surface area contributed by atoms with Crippen LogP contribution in [0.15, 0.2) is 42.5 Å². The highest BCUT2D eigenvalue weighted by molar-refractivity contribution is 7.92. The third-order valence-electron chi connectivity index (χ3n) is 5.91. The first-order chi connectivity index (χ1) is 16.5. The summed E-state index contributed by atoms with van der Waals surface area (Å²) in [5, 5.41) is 3.30. The van der Waals surface area contributed by atoms with E-state index in [4.69, 9.17) is 11.6 Å². The molecule has 35 heavy (non-hydrogen) atoms. The summed E-state index contributed by atoms with van der Waals surface area (Å²) in [6, 6.07) is 12.2. The number of nitrogens with zero attached hydrogens (tertiary/aromatic N) is 2. The molecule has 1 unspecified atom stereocenters. The minimum absolute atomic E-state index is 0.100. The second-order valence-corrected chi connectivity index (χ2v) is 11.1. The summed E-state index contributed by atoms with van der Waals surface area (Å²) in [5.41, 5.74) is 3.26. The molecule has 2 aromatic carbocycles. The molecule has 1 atom stereocenters. The molecule has 192 valence electrons. The van der Waals surface area contributed by atoms with Gasteiger partial charge in [-0.3, -0.25) is 13.9 Å². The van der Waals surface area contributed by atoms with Crippen LogP contribution in [0.3, 0.4) is 0 Å². The maximum Gasteiger partial charge on any atom is 0.242 e. The molecular formula is C26H36ClN3O4S. The molecule has 2 aromatic rings. The number of hydrogen-bond acceptors (Lipinski definition) is 4. The molecule has 0 radical (unpaired) electrons. The highest BCUT2D eigenvalue weighted by Gasteiger charge is 2.27. The Bertz CT molecular complexity index is 1140. The second kappa shape index (κ2) is 12.9. The van der Waals surface area contributed by atoms with E-state index >= 15 is 0 Å². The molecule has 7 nitrogen and oxygen atoms in total. The Morgan fingerprint density at radius 2 is 1.77 bits per heavy atom. The zero-order valence-electron chi connectivity index (χ0n) is 21.2. The van der Waals surface area contributed by atoms with Crippen molar-refractivity contribution in [2.75, 3.05) is 23.7 Å². The summed E-state index contributed by atoms with van der Waals surface area (Å²) >= 11 is 6.11. The molecule has 2 rings (SSSR count). The predicted octanol–water partition coefficient (Wildman–Crippen LogP) is 4.45. The molecule has 2 amide bonds. The Morgan fingerprint density at radius 3 is 2.40 bits per heavy atom. The maximum atomic E-state index is 13.3. The normalized spacial score (nSPS) is 12.2. The molecule has 0 aromatic heterocycles. The van der Waals surface area contributed by atoms with Gasteiger partial charge >= 0.3 is 0 Å². The number of carbonyl (C=O) groups excluding carboxylic acids is 2. The third kappa shape index (κ3) is 8.25. The van der Waals surface area contributed by atoms with Gasteiger partial charge in [0, 0.05) is 31.1 Å². The van der Waals surface area contributed by atoms with Crippen molar-refractivity contribution in [2.45, 2.75) is 59.5 Å². The fraction of sp³-hybridized carbons (Fsp3) is 0.462. The summed E-state index contributed by atoms with van der Waals surface area (Å²) < 4.78 is 26.3. The van der Waals surface area contributed by atoms with Crippen molar-refractivity contribution in [3.05, 3.63) is 64.2 Å². The molecule has 9 heteroatoms. The molecule has 0 saturated carbocycles. The molecule has 0 saturated heterocycles. The van der Waals surface area contributed by atoms with Gasteiger partial charge in [0.05, 0.1) is 11.9 Å². The lowest BCUT2D eigenvalue weighted by atomic mass is 10.1. The Balaban J connectivity index is 2.20. The number of sulfonamides is 1. The molecule has 0 bridgehead atoms. The van der Waals surface area contributed by atoms with Crippen LogP contribution < -0.4 is 9.62 Å². The summed E-state index contributed by atoms with van der Waals surface area (Å²) in [6.07, 6.45) is 2.34. The first-order valence-electron chi connectivity index (χ1n) is 11.8. The van der Waals surface area contributed by atoms with E-state index in [1.54, 1.807) is 30.0 Å². The van der Waals surface area contributed by atoms with Gasteiger partial charge < -0.3 is 10.2 Å². The average molecular weight is 522 g/mol. The Morgan fingerprint density at radius 1 is 1.09 bits per heavy atom. The topological polar surface area (TPSA) is 86.8 Å². The van der Waals surface area contributed by atoms with Crippen molar-refractivity contribution >= 4 is 39.1 Å². The van der Waals surface area contributed by atoms with Crippen molar-refractivity contribution in [2.24, 2.45) is 0 Å². The highest BCUT2D eigenvalue weighted by Crippen LogP contribution is 2.27. The summed E-state index contributed by atoms with van der Waals surface area (Å²) in [5.74, 6) is -0.412. The van der Waals surface area contributed by atoms with Crippen LogP contribution in [0.4, 0.5) is 5.69 Å². The molecule has 0 spiro atoms. The van der Waals surface area contributed by atoms with Gasteiger partial charge in [0.2, 0.25) is 21.8 Å². The number of aryl methyl sites for hydroxylation is 2. The van der Waals surface area contributed by atoms with E-state index in [2.05, 4.69) is 5.32 Å². The van der Waals surface area contributed by atoms with Crippen molar-refractivity contribution in [3.63, 3.8) is 0 Å². The van der Waals surface area contributed by atoms with Gasteiger partial charge in [0.25, 0.3) is 0 Å². The van der Waals surface area contributed by atoms with Crippen LogP contribution in [0, 0.1) is 13.8 Å². The number of nitrogens with one attached hydrogen (secondary N) is 1. The molecular weight excluding hydrogens is 486 g/mol. The fourth-order valence-electron chi connectivity index (χ4n) is 3.78. The zero-order chi connectivity index (χ0) is 26.2. The summed E-state index contributed by atoms with van der Waals surface area (Å²) in [7, 11) is -3.58. The van der Waals surface area contributed by atoms with Gasteiger partial charge in [-0.1, -0.05) is 48.9 Å². The molecule has 0 aliphatic heterocycles. The van der Waals surface area contributed by atoms with Crippen LogP contribution in [0.1, 0.15) is 49.8 Å². The monoisotopic (exact) mass is 521 g/mol. The van der Waals surface area contributed by atoms with E-state index in [0.717, 1.165) is 29.4 Å². The second-order valence-electron chi connectivity index (χ2n) is 8.78. The maximum absolute atomic E-state index is 13.3. The van der Waals surface area contributed by atoms with Crippen LogP contribution >= 0.6 is 11.6 Å². The quantitative estimate of drug-likeness (QED) is 0.447. The van der Waals surface area contributed by atoms with Gasteiger partial charge in [0.1, 0.15) is 6.04 Å². The molecule has 0 heterocycles. The predicted molar refractivity (Wildman–Crippen MR) is 142 cm³/mol. The molecule has 0 aliphatic carbocycles. The number of amides is 2. The summed E-state index contributed by atoms with van der Waals surface area (Å²) in [4.78, 5) is 27.6. The van der Waals surface area contributed by atoms with Gasteiger partial charge in [-0.15, -0.1) is 0 Å². The minimum Gasteiger partial charge on any atom is -0.354 e. The lowest BCUT2D eigenvalue weighted by Gasteiger charge is -2.30. The van der Waals surface area contributed by atoms with Crippen LogP contribution in [-0.4, -0.2) is 50.5 Å². The van der Waals surface area contributed by atoms with E-state index in [9.17, 15) is 18.0 Å². The van der Waals surface area contributed by atoms with Crippen molar-refractivity contribution in [1.29, 1.82) is 0 Å². The lowest BCUT2D eigenvalue weighted by molar-refractivity contribution is -0.140. The Hall–Kier alpha value is -2.58. The van der Waals surface area contributed by atoms with E-state index in [0.29, 0.717) is 30.2 Å². The SMILES string of the molecule is CCCNC(=O)C(C)N(Cc1ccccc1C)C(=O)CCCN(c1cc(Cl)ccc1C)S(C)(=O)=O. The van der Waals surface area contributed by atoms with Crippen molar-refractivity contribution < 1.29 is 18.0 Å². The molecule has 0 fully saturated rings. The number of benzene rings is 2. The molecule has 0 aliphatic rings. The Kier molecular flexibility index (Phi) is 10.6. The summed E-state index contributed by atoms with van der Waals surface area (Å²) in [6.45, 7) is 8.44. The van der Waals surface area contributed by atoms with Crippen LogP contribution in [0.2, 0.25) is 5.02 Å². The number of halogens is 1. The molecule has 1 N–H and O–H groups in total. The smallest absolute Gasteiger partial charge is 0.242 e. The van der Waals surface area contributed by atoms with Gasteiger partial charge in [-0.05, 0) is 62.4 Å². The largest absolute Gasteiger partial charge is 0.354 e. The van der Waals surface area contributed by atoms with E-state index < -0.39 is 16.1 Å². The number of rotatable bonds is 12. The first-order valence-corrected chi connectivity index (χ1v) is 14.0. The lowest BCUT2D eigenvalue weighted by Crippen LogP contribution is -2.48. The van der Waals surface area contributed by atoms with Gasteiger partial charge in [-0.25, -0.2) is 8.42 Å². The average Bonchev–Trinajstić information content (AvgIpc) is 2.80. The van der Waals surface area contributed by atoms with Crippen LogP contribution in [0.25, 0.3) is 0 Å². The van der Waals surface area contributed by atoms with Crippen molar-refractivity contribution in [1.82, 2.24) is 10.2 Å². The fourth-order valence-corrected chi connectivity index (χ4v) is 4.96. The minimum atomic E-state index is -3.58. The van der Waals surface area contributed by atoms with Gasteiger partial charge in [0.15, 0.2) is 0 Å². The van der Waals surface area contributed by atoms with Crippen LogP contribution in [0.5, 0.6) is 0 Å². The Labute approximate surface area is 214 Å². The number of hydrogen-bond donors (Lipinski definition) is 1. The number of carbonyl (C=O) groups is 2. The zero-order valence-corrected chi connectivity index (χ0v) is 22.7. The first kappa shape index (κ1) is 28.7. The van der Waals surface area contributed by atoms with E-state index in [1.165, 1.54) is 4.31 Å². The van der Waals surface area contributed by atoms with E-state index in [-0.39, 0.29) is 24.8 Å². The van der Waals surface area contributed by atoms with Crippen molar-refractivity contribution in [3.8, 4) is 0 Å². The standard InChI is InChI=1S/C26H36ClN3O4S/c1-6-15-28-26(32)21(4)29(18-22-11-8-7-10-19(22)2)25(31)12-9-16-30(35(5,33)34)24-17-23(27)14-13-20(24)3/h7-8,10-11,13-14,17,21H,6,9,12,15-16,18H2,1-5H3,(H,28,32). The highest BCUT2D eigenvalue weighted by atomic mass is 35.5. The number of anilines is 1. The van der Waals surface area contributed by atoms with Crippen LogP contribution in [-0.2, 0) is 26.2 Å². The third-order valence-corrected chi connectivity index (χ3v) is 7.33.